The minimum atomic E-state index is -4.37. The van der Waals surface area contributed by atoms with E-state index in [9.17, 15) is 13.2 Å². The number of anilines is 2. The number of halogens is 3. The average molecular weight is 302 g/mol. The third-order valence-corrected chi connectivity index (χ3v) is 3.96. The maximum Gasteiger partial charge on any atom is 0.416 e. The first kappa shape index (κ1) is 15.9. The van der Waals surface area contributed by atoms with Gasteiger partial charge in [-0.3, -0.25) is 0 Å². The summed E-state index contributed by atoms with van der Waals surface area (Å²) < 4.78 is 38.9. The summed E-state index contributed by atoms with van der Waals surface area (Å²) in [6.45, 7) is 3.50. The van der Waals surface area contributed by atoms with Gasteiger partial charge in [-0.05, 0) is 32.1 Å². The van der Waals surface area contributed by atoms with Crippen LogP contribution in [-0.4, -0.2) is 50.2 Å². The Kier molecular flexibility index (Phi) is 4.32. The van der Waals surface area contributed by atoms with Gasteiger partial charge in [-0.25, -0.2) is 4.98 Å². The number of pyridine rings is 1. The van der Waals surface area contributed by atoms with Gasteiger partial charge in [0.25, 0.3) is 0 Å². The minimum Gasteiger partial charge on any atom is -0.373 e. The zero-order chi connectivity index (χ0) is 15.8. The molecular weight excluding hydrogens is 281 g/mol. The highest BCUT2D eigenvalue weighted by atomic mass is 19.4. The fraction of sp³-hybridized carbons (Fsp3) is 0.643. The molecule has 1 fully saturated rings. The van der Waals surface area contributed by atoms with Crippen molar-refractivity contribution in [2.45, 2.75) is 19.1 Å². The van der Waals surface area contributed by atoms with Crippen LogP contribution in [0.5, 0.6) is 0 Å². The van der Waals surface area contributed by atoms with Crippen molar-refractivity contribution in [1.29, 1.82) is 0 Å². The lowest BCUT2D eigenvalue weighted by Gasteiger charge is -2.23. The summed E-state index contributed by atoms with van der Waals surface area (Å²) in [7, 11) is 5.55. The number of rotatable bonds is 3. The number of alkyl halides is 3. The van der Waals surface area contributed by atoms with E-state index in [1.807, 2.05) is 19.0 Å². The summed E-state index contributed by atoms with van der Waals surface area (Å²) in [6, 6.07) is 2.48. The molecule has 2 atom stereocenters. The van der Waals surface area contributed by atoms with Gasteiger partial charge in [0.05, 0.1) is 5.56 Å². The first-order valence-corrected chi connectivity index (χ1v) is 6.90. The molecule has 7 heteroatoms. The van der Waals surface area contributed by atoms with Crippen molar-refractivity contribution in [3.05, 3.63) is 17.7 Å². The Balaban J connectivity index is 2.32. The van der Waals surface area contributed by atoms with Gasteiger partial charge >= 0.3 is 6.18 Å². The Hall–Kier alpha value is -1.50. The van der Waals surface area contributed by atoms with E-state index in [4.69, 9.17) is 0 Å². The van der Waals surface area contributed by atoms with Crippen molar-refractivity contribution in [3.63, 3.8) is 0 Å². The van der Waals surface area contributed by atoms with Crippen LogP contribution < -0.4 is 10.2 Å². The third kappa shape index (κ3) is 3.40. The van der Waals surface area contributed by atoms with Crippen molar-refractivity contribution in [1.82, 2.24) is 9.88 Å². The fourth-order valence-corrected chi connectivity index (χ4v) is 2.78. The molecule has 0 aromatic carbocycles. The van der Waals surface area contributed by atoms with Gasteiger partial charge in [-0.1, -0.05) is 6.92 Å². The van der Waals surface area contributed by atoms with Gasteiger partial charge in [0, 0.05) is 26.2 Å². The molecule has 1 aliphatic heterocycles. The maximum atomic E-state index is 13.0. The first-order valence-electron chi connectivity index (χ1n) is 6.90. The van der Waals surface area contributed by atoms with E-state index in [-0.39, 0.29) is 5.82 Å². The molecular formula is C14H21F3N4. The minimum absolute atomic E-state index is 0.237. The Morgan fingerprint density at radius 1 is 1.29 bits per heavy atom. The van der Waals surface area contributed by atoms with Crippen LogP contribution in [0.3, 0.4) is 0 Å². The molecule has 1 saturated heterocycles. The monoisotopic (exact) mass is 302 g/mol. The van der Waals surface area contributed by atoms with Crippen LogP contribution in [0.15, 0.2) is 12.1 Å². The highest BCUT2D eigenvalue weighted by Gasteiger charge is 2.35. The predicted octanol–water partition coefficient (Wildman–Crippen LogP) is 2.53. The number of nitrogens with zero attached hydrogens (tertiary/aromatic N) is 3. The van der Waals surface area contributed by atoms with Crippen LogP contribution in [-0.2, 0) is 6.18 Å². The Morgan fingerprint density at radius 2 is 1.95 bits per heavy atom. The van der Waals surface area contributed by atoms with E-state index in [1.54, 1.807) is 7.05 Å². The quantitative estimate of drug-likeness (QED) is 0.930. The van der Waals surface area contributed by atoms with Crippen molar-refractivity contribution in [2.24, 2.45) is 5.92 Å². The van der Waals surface area contributed by atoms with Crippen molar-refractivity contribution in [2.75, 3.05) is 44.4 Å². The Bertz CT molecular complexity index is 501. The second kappa shape index (κ2) is 5.71. The number of nitrogens with one attached hydrogen (secondary N) is 1. The molecule has 1 aromatic heterocycles. The summed E-state index contributed by atoms with van der Waals surface area (Å²) in [5.41, 5.74) is -0.669. The van der Waals surface area contributed by atoms with Crippen molar-refractivity contribution in [3.8, 4) is 0 Å². The normalized spacial score (nSPS) is 23.0. The molecule has 118 valence electrons. The van der Waals surface area contributed by atoms with Crippen molar-refractivity contribution >= 4 is 11.6 Å². The molecule has 0 saturated carbocycles. The Morgan fingerprint density at radius 3 is 2.43 bits per heavy atom. The SMILES string of the molecule is CNc1cc(C(F)(F)F)cc(N2CC(C)C(N(C)C)C2)n1. The molecule has 1 aliphatic rings. The van der Waals surface area contributed by atoms with E-state index in [1.165, 1.54) is 0 Å². The van der Waals surface area contributed by atoms with Gasteiger partial charge in [0.15, 0.2) is 0 Å². The van der Waals surface area contributed by atoms with Gasteiger partial charge in [0.1, 0.15) is 11.6 Å². The summed E-state index contributed by atoms with van der Waals surface area (Å²) in [6.07, 6.45) is -4.37. The molecule has 1 aromatic rings. The standard InChI is InChI=1S/C14H21F3N4/c1-9-7-21(8-11(9)20(3)4)13-6-10(14(15,16)17)5-12(18-2)19-13/h5-6,9,11H,7-8H2,1-4H3,(H,18,19). The zero-order valence-corrected chi connectivity index (χ0v) is 12.7. The lowest BCUT2D eigenvalue weighted by atomic mass is 10.1. The lowest BCUT2D eigenvalue weighted by Crippen LogP contribution is -2.34. The van der Waals surface area contributed by atoms with E-state index >= 15 is 0 Å². The van der Waals surface area contributed by atoms with Gasteiger partial charge in [-0.2, -0.15) is 13.2 Å². The van der Waals surface area contributed by atoms with Crippen LogP contribution in [0.25, 0.3) is 0 Å². The summed E-state index contributed by atoms with van der Waals surface area (Å²) in [5, 5.41) is 2.70. The lowest BCUT2D eigenvalue weighted by molar-refractivity contribution is -0.137. The molecule has 4 nitrogen and oxygen atoms in total. The highest BCUT2D eigenvalue weighted by molar-refractivity contribution is 5.52. The number of likely N-dealkylation sites (N-methyl/N-ethyl adjacent to an activating group) is 1. The molecule has 2 unspecified atom stereocenters. The smallest absolute Gasteiger partial charge is 0.373 e. The molecule has 2 heterocycles. The summed E-state index contributed by atoms with van der Waals surface area (Å²) in [5.74, 6) is 1.00. The zero-order valence-electron chi connectivity index (χ0n) is 12.7. The fourth-order valence-electron chi connectivity index (χ4n) is 2.78. The summed E-state index contributed by atoms with van der Waals surface area (Å²) >= 11 is 0. The predicted molar refractivity (Wildman–Crippen MR) is 77.6 cm³/mol. The number of hydrogen-bond acceptors (Lipinski definition) is 4. The average Bonchev–Trinajstić information content (AvgIpc) is 2.79. The topological polar surface area (TPSA) is 31.4 Å². The van der Waals surface area contributed by atoms with Crippen LogP contribution in [0, 0.1) is 5.92 Å². The van der Waals surface area contributed by atoms with Crippen LogP contribution >= 0.6 is 0 Å². The highest BCUT2D eigenvalue weighted by Crippen LogP contribution is 2.34. The van der Waals surface area contributed by atoms with Gasteiger partial charge in [0.2, 0.25) is 0 Å². The molecule has 0 amide bonds. The van der Waals surface area contributed by atoms with Crippen molar-refractivity contribution < 1.29 is 13.2 Å². The van der Waals surface area contributed by atoms with Crippen LogP contribution in [0.1, 0.15) is 12.5 Å². The summed E-state index contributed by atoms with van der Waals surface area (Å²) in [4.78, 5) is 8.30. The second-order valence-electron chi connectivity index (χ2n) is 5.76. The molecule has 0 bridgehead atoms. The van der Waals surface area contributed by atoms with E-state index in [2.05, 4.69) is 22.1 Å². The molecule has 21 heavy (non-hydrogen) atoms. The molecule has 1 N–H and O–H groups in total. The number of hydrogen-bond donors (Lipinski definition) is 1. The Labute approximate surface area is 122 Å². The molecule has 2 rings (SSSR count). The maximum absolute atomic E-state index is 13.0. The number of aromatic nitrogens is 1. The molecule has 0 radical (unpaired) electrons. The van der Waals surface area contributed by atoms with E-state index in [0.717, 1.165) is 12.1 Å². The third-order valence-electron chi connectivity index (χ3n) is 3.96. The van der Waals surface area contributed by atoms with E-state index in [0.29, 0.717) is 30.9 Å². The van der Waals surface area contributed by atoms with Crippen LogP contribution in [0.2, 0.25) is 0 Å². The van der Waals surface area contributed by atoms with Crippen LogP contribution in [0.4, 0.5) is 24.8 Å². The molecule has 0 aliphatic carbocycles. The largest absolute Gasteiger partial charge is 0.416 e. The van der Waals surface area contributed by atoms with Gasteiger partial charge < -0.3 is 15.1 Å². The second-order valence-corrected chi connectivity index (χ2v) is 5.76. The van der Waals surface area contributed by atoms with Gasteiger partial charge in [-0.15, -0.1) is 0 Å². The first-order chi connectivity index (χ1) is 9.72. The van der Waals surface area contributed by atoms with E-state index < -0.39 is 11.7 Å². The molecule has 0 spiro atoms.